The summed E-state index contributed by atoms with van der Waals surface area (Å²) < 4.78 is 5.89. The lowest BCUT2D eigenvalue weighted by molar-refractivity contribution is 0.101. The normalized spacial score (nSPS) is 12.5. The second kappa shape index (κ2) is 9.38. The number of carbonyl (C=O) groups is 1. The van der Waals surface area contributed by atoms with Crippen molar-refractivity contribution in [3.63, 3.8) is 0 Å². The van der Waals surface area contributed by atoms with Gasteiger partial charge in [0.25, 0.3) is 11.5 Å². The van der Waals surface area contributed by atoms with Crippen LogP contribution in [-0.4, -0.2) is 30.7 Å². The van der Waals surface area contributed by atoms with E-state index >= 15 is 0 Å². The number of aromatic nitrogens is 4. The molecule has 1 amide bonds. The molecule has 0 bridgehead atoms. The Labute approximate surface area is 194 Å². The number of hydrogen-bond acceptors (Lipinski definition) is 8. The summed E-state index contributed by atoms with van der Waals surface area (Å²) in [5, 5.41) is 26.0. The number of hydrogen-bond donors (Lipinski definition) is 2. The predicted molar refractivity (Wildman–Crippen MR) is 121 cm³/mol. The molecule has 3 heterocycles. The van der Waals surface area contributed by atoms with E-state index in [9.17, 15) is 20.0 Å². The molecule has 0 saturated carbocycles. The third kappa shape index (κ3) is 4.14. The number of nitrogens with zero attached hydrogens (tertiary/aromatic N) is 5. The average Bonchev–Trinajstić information content (AvgIpc) is 3.36. The second-order valence-corrected chi connectivity index (χ2v) is 7.63. The smallest absolute Gasteiger partial charge is 0.296 e. The summed E-state index contributed by atoms with van der Waals surface area (Å²) in [6, 6.07) is 15.1. The first kappa shape index (κ1) is 22.4. The summed E-state index contributed by atoms with van der Waals surface area (Å²) in [5.74, 6) is -2.22. The van der Waals surface area contributed by atoms with Gasteiger partial charge in [0.15, 0.2) is 5.69 Å². The molecule has 2 N–H and O–H groups in total. The number of carbonyl (C=O) groups excluding carboxylic acids is 1. The first-order valence-electron chi connectivity index (χ1n) is 10.3. The minimum absolute atomic E-state index is 0.248. The van der Waals surface area contributed by atoms with E-state index in [1.165, 1.54) is 30.3 Å². The Kier molecular flexibility index (Phi) is 6.18. The van der Waals surface area contributed by atoms with Crippen LogP contribution in [0.2, 0.25) is 0 Å². The predicted octanol–water partition coefficient (Wildman–Crippen LogP) is 2.93. The van der Waals surface area contributed by atoms with E-state index in [0.29, 0.717) is 5.56 Å². The highest BCUT2D eigenvalue weighted by molar-refractivity contribution is 6.04. The molecule has 2 atom stereocenters. The van der Waals surface area contributed by atoms with Crippen molar-refractivity contribution < 1.29 is 14.4 Å². The van der Waals surface area contributed by atoms with Gasteiger partial charge in [-0.05, 0) is 17.2 Å². The summed E-state index contributed by atoms with van der Waals surface area (Å²) in [5.41, 5.74) is 0.823. The van der Waals surface area contributed by atoms with E-state index < -0.39 is 34.7 Å². The van der Waals surface area contributed by atoms with Crippen LogP contribution in [-0.2, 0) is 7.05 Å². The lowest BCUT2D eigenvalue weighted by Crippen LogP contribution is -2.29. The topological polar surface area (TPSA) is 147 Å². The van der Waals surface area contributed by atoms with Crippen LogP contribution in [0.4, 0.5) is 5.69 Å². The summed E-state index contributed by atoms with van der Waals surface area (Å²) >= 11 is 0. The molecular formula is C24H20N6O4. The van der Waals surface area contributed by atoms with Gasteiger partial charge in [-0.3, -0.25) is 14.2 Å². The molecule has 0 aliphatic carbocycles. The van der Waals surface area contributed by atoms with Crippen LogP contribution in [0.5, 0.6) is 5.75 Å². The Bertz CT molecular complexity index is 1420. The van der Waals surface area contributed by atoms with Crippen LogP contribution >= 0.6 is 0 Å². The number of anilines is 1. The minimum atomic E-state index is -0.790. The van der Waals surface area contributed by atoms with E-state index in [-0.39, 0.29) is 17.2 Å². The first-order valence-corrected chi connectivity index (χ1v) is 10.3. The van der Waals surface area contributed by atoms with E-state index in [1.807, 2.05) is 37.3 Å². The molecule has 34 heavy (non-hydrogen) atoms. The molecule has 4 aromatic rings. The fourth-order valence-corrected chi connectivity index (χ4v) is 3.94. The monoisotopic (exact) mass is 456 g/mol. The molecular weight excluding hydrogens is 436 g/mol. The van der Waals surface area contributed by atoms with Crippen molar-refractivity contribution in [2.45, 2.75) is 18.8 Å². The molecule has 0 unspecified atom stereocenters. The molecule has 4 rings (SSSR count). The molecule has 3 aromatic heterocycles. The van der Waals surface area contributed by atoms with Gasteiger partial charge in [-0.15, -0.1) is 0 Å². The van der Waals surface area contributed by atoms with Gasteiger partial charge in [-0.25, -0.2) is 9.97 Å². The third-order valence-electron chi connectivity index (χ3n) is 5.55. The van der Waals surface area contributed by atoms with Crippen LogP contribution in [0.1, 0.15) is 51.9 Å². The maximum Gasteiger partial charge on any atom is 0.296 e. The Balaban J connectivity index is 1.86. The van der Waals surface area contributed by atoms with Crippen LogP contribution in [0, 0.1) is 11.3 Å². The van der Waals surface area contributed by atoms with Gasteiger partial charge >= 0.3 is 0 Å². The van der Waals surface area contributed by atoms with Gasteiger partial charge in [-0.2, -0.15) is 5.26 Å². The second-order valence-electron chi connectivity index (χ2n) is 7.63. The van der Waals surface area contributed by atoms with Gasteiger partial charge in [0.1, 0.15) is 29.5 Å². The molecule has 0 spiro atoms. The van der Waals surface area contributed by atoms with Crippen molar-refractivity contribution in [1.29, 1.82) is 5.26 Å². The standard InChI is InChI=1S/C24H20N6O4/c1-14(19(15-7-4-3-5-8-15)17-9-6-10-26-18(17)11-25)22-29-20(21(31)24(33)30(22)2)23(32)28-16-12-27-34-13-16/h3-10,12-14,19,31H,1-2H3,(H,28,32)/t14-,19+/m0/s1. The number of amides is 1. The molecule has 0 saturated heterocycles. The van der Waals surface area contributed by atoms with E-state index in [2.05, 4.69) is 26.5 Å². The largest absolute Gasteiger partial charge is 0.501 e. The number of benzene rings is 1. The zero-order chi connectivity index (χ0) is 24.2. The first-order chi connectivity index (χ1) is 16.4. The SMILES string of the molecule is C[C@H](c1nc(C(=O)Nc2cnoc2)c(O)c(=O)n1C)[C@H](c1ccccc1)c1cccnc1C#N. The van der Waals surface area contributed by atoms with E-state index in [4.69, 9.17) is 4.52 Å². The molecule has 10 nitrogen and oxygen atoms in total. The number of nitriles is 1. The molecule has 170 valence electrons. The van der Waals surface area contributed by atoms with Gasteiger partial charge in [0.05, 0.1) is 6.20 Å². The van der Waals surface area contributed by atoms with E-state index in [1.54, 1.807) is 12.1 Å². The van der Waals surface area contributed by atoms with Crippen molar-refractivity contribution >= 4 is 11.6 Å². The van der Waals surface area contributed by atoms with Crippen molar-refractivity contribution in [2.24, 2.45) is 7.05 Å². The summed E-state index contributed by atoms with van der Waals surface area (Å²) in [4.78, 5) is 34.2. The number of rotatable bonds is 6. The van der Waals surface area contributed by atoms with Crippen LogP contribution in [0.15, 0.2) is 70.4 Å². The van der Waals surface area contributed by atoms with Crippen LogP contribution in [0.3, 0.4) is 0 Å². The van der Waals surface area contributed by atoms with Gasteiger partial charge in [-0.1, -0.05) is 48.5 Å². The Hall–Kier alpha value is -4.78. The zero-order valence-corrected chi connectivity index (χ0v) is 18.3. The van der Waals surface area contributed by atoms with Crippen molar-refractivity contribution in [1.82, 2.24) is 19.7 Å². The highest BCUT2D eigenvalue weighted by atomic mass is 16.5. The minimum Gasteiger partial charge on any atom is -0.501 e. The highest BCUT2D eigenvalue weighted by Gasteiger charge is 2.30. The Morgan fingerprint density at radius 3 is 2.68 bits per heavy atom. The fraction of sp³-hybridized carbons (Fsp3) is 0.167. The van der Waals surface area contributed by atoms with E-state index in [0.717, 1.165) is 5.56 Å². The highest BCUT2D eigenvalue weighted by Crippen LogP contribution is 2.38. The van der Waals surface area contributed by atoms with Crippen molar-refractivity contribution in [2.75, 3.05) is 5.32 Å². The van der Waals surface area contributed by atoms with Crippen molar-refractivity contribution in [3.8, 4) is 11.8 Å². The van der Waals surface area contributed by atoms with Crippen LogP contribution in [0.25, 0.3) is 0 Å². The number of aromatic hydroxyl groups is 1. The maximum atomic E-state index is 12.8. The van der Waals surface area contributed by atoms with Gasteiger partial charge in [0, 0.05) is 25.1 Å². The molecule has 0 aliphatic rings. The summed E-state index contributed by atoms with van der Waals surface area (Å²) in [6.07, 6.45) is 4.02. The summed E-state index contributed by atoms with van der Waals surface area (Å²) in [7, 11) is 1.47. The lowest BCUT2D eigenvalue weighted by atomic mass is 9.80. The third-order valence-corrected chi connectivity index (χ3v) is 5.55. The molecule has 0 aliphatic heterocycles. The summed E-state index contributed by atoms with van der Waals surface area (Å²) in [6.45, 7) is 1.84. The lowest BCUT2D eigenvalue weighted by Gasteiger charge is -2.26. The Morgan fingerprint density at radius 1 is 1.24 bits per heavy atom. The van der Waals surface area contributed by atoms with Crippen molar-refractivity contribution in [3.05, 3.63) is 99.8 Å². The zero-order valence-electron chi connectivity index (χ0n) is 18.3. The maximum absolute atomic E-state index is 12.8. The van der Waals surface area contributed by atoms with Gasteiger partial charge in [0.2, 0.25) is 5.75 Å². The Morgan fingerprint density at radius 2 is 2.00 bits per heavy atom. The quantitative estimate of drug-likeness (QED) is 0.450. The molecule has 0 fully saturated rings. The fourth-order valence-electron chi connectivity index (χ4n) is 3.94. The molecule has 10 heteroatoms. The van der Waals surface area contributed by atoms with Crippen LogP contribution < -0.4 is 10.9 Å². The number of pyridine rings is 1. The molecule has 1 aromatic carbocycles. The average molecular weight is 456 g/mol. The molecule has 0 radical (unpaired) electrons. The van der Waals surface area contributed by atoms with Gasteiger partial charge < -0.3 is 14.9 Å². The number of nitrogens with one attached hydrogen (secondary N) is 1.